The number of nitrogens with zero attached hydrogens (tertiary/aromatic N) is 1. The van der Waals surface area contributed by atoms with Gasteiger partial charge in [0.15, 0.2) is 19.7 Å². The van der Waals surface area contributed by atoms with Crippen LogP contribution in [0.2, 0.25) is 0 Å². The van der Waals surface area contributed by atoms with Crippen LogP contribution in [0.3, 0.4) is 0 Å². The van der Waals surface area contributed by atoms with Crippen LogP contribution in [0.1, 0.15) is 5.56 Å². The highest BCUT2D eigenvalue weighted by atomic mass is 32.2. The minimum Gasteiger partial charge on any atom is -0.297 e. The average Bonchev–Trinajstić information content (AvgIpc) is 3.16. The number of benzene rings is 1. The number of hydrogen-bond acceptors (Lipinski definition) is 6. The lowest BCUT2D eigenvalue weighted by atomic mass is 10.1. The molecule has 0 aliphatic carbocycles. The van der Waals surface area contributed by atoms with E-state index in [1.165, 1.54) is 0 Å². The summed E-state index contributed by atoms with van der Waals surface area (Å²) in [5.41, 5.74) is 1.02. The standard InChI is InChI=1S/C16H19NO4S3/c1-17(10-13-6-3-2-4-7-13)14-11-23(18,19)12-15(14)24(20,21)16-8-5-9-22-16/h2-9,14-15H,10-12H2,1H3/t14-,15-/m0/s1. The first kappa shape index (κ1) is 17.6. The summed E-state index contributed by atoms with van der Waals surface area (Å²) in [6.45, 7) is 0.511. The zero-order chi connectivity index (χ0) is 17.4. The van der Waals surface area contributed by atoms with Crippen molar-refractivity contribution in [2.24, 2.45) is 0 Å². The van der Waals surface area contributed by atoms with E-state index >= 15 is 0 Å². The Bertz CT molecular complexity index is 890. The molecule has 1 aromatic carbocycles. The normalized spacial score (nSPS) is 23.6. The van der Waals surface area contributed by atoms with E-state index in [4.69, 9.17) is 0 Å². The minimum atomic E-state index is -3.66. The van der Waals surface area contributed by atoms with Gasteiger partial charge in [-0.15, -0.1) is 11.3 Å². The topological polar surface area (TPSA) is 71.5 Å². The third-order valence-electron chi connectivity index (χ3n) is 4.29. The Labute approximate surface area is 146 Å². The molecule has 8 heteroatoms. The van der Waals surface area contributed by atoms with E-state index in [-0.39, 0.29) is 15.7 Å². The van der Waals surface area contributed by atoms with Crippen molar-refractivity contribution in [1.29, 1.82) is 0 Å². The third kappa shape index (κ3) is 3.56. The number of thiophene rings is 1. The molecular weight excluding hydrogens is 366 g/mol. The van der Waals surface area contributed by atoms with Crippen molar-refractivity contribution in [2.75, 3.05) is 18.6 Å². The van der Waals surface area contributed by atoms with Crippen molar-refractivity contribution in [3.8, 4) is 0 Å². The summed E-state index contributed by atoms with van der Waals surface area (Å²) in [5.74, 6) is -0.428. The summed E-state index contributed by atoms with van der Waals surface area (Å²) in [4.78, 5) is 1.84. The molecule has 0 amide bonds. The van der Waals surface area contributed by atoms with Crippen LogP contribution in [0.4, 0.5) is 0 Å². The summed E-state index contributed by atoms with van der Waals surface area (Å²) in [5, 5.41) is 0.772. The molecule has 130 valence electrons. The molecule has 24 heavy (non-hydrogen) atoms. The Morgan fingerprint density at radius 3 is 2.46 bits per heavy atom. The summed E-state index contributed by atoms with van der Waals surface area (Å²) >= 11 is 1.13. The highest BCUT2D eigenvalue weighted by molar-refractivity contribution is 7.97. The predicted octanol–water partition coefficient (Wildman–Crippen LogP) is 1.82. The second kappa shape index (κ2) is 6.59. The van der Waals surface area contributed by atoms with Crippen LogP contribution >= 0.6 is 11.3 Å². The van der Waals surface area contributed by atoms with Crippen molar-refractivity contribution < 1.29 is 16.8 Å². The van der Waals surface area contributed by atoms with Gasteiger partial charge in [0.25, 0.3) is 0 Å². The minimum absolute atomic E-state index is 0.119. The lowest BCUT2D eigenvalue weighted by Crippen LogP contribution is -2.43. The molecule has 1 fully saturated rings. The fourth-order valence-electron chi connectivity index (χ4n) is 3.07. The molecule has 1 aromatic heterocycles. The molecule has 5 nitrogen and oxygen atoms in total. The van der Waals surface area contributed by atoms with E-state index in [0.29, 0.717) is 6.54 Å². The Morgan fingerprint density at radius 1 is 1.12 bits per heavy atom. The van der Waals surface area contributed by atoms with Gasteiger partial charge in [0.05, 0.1) is 16.8 Å². The quantitative estimate of drug-likeness (QED) is 0.785. The van der Waals surface area contributed by atoms with E-state index < -0.39 is 31.0 Å². The van der Waals surface area contributed by atoms with E-state index in [1.54, 1.807) is 24.6 Å². The molecule has 2 atom stereocenters. The first-order valence-electron chi connectivity index (χ1n) is 7.51. The first-order valence-corrected chi connectivity index (χ1v) is 11.8. The molecule has 0 radical (unpaired) electrons. The summed E-state index contributed by atoms with van der Waals surface area (Å²) in [7, 11) is -5.24. The highest BCUT2D eigenvalue weighted by Crippen LogP contribution is 2.31. The highest BCUT2D eigenvalue weighted by Gasteiger charge is 2.47. The van der Waals surface area contributed by atoms with Crippen LogP contribution in [0.25, 0.3) is 0 Å². The number of rotatable bonds is 5. The Kier molecular flexibility index (Phi) is 4.83. The fraction of sp³-hybridized carbons (Fsp3) is 0.375. The van der Waals surface area contributed by atoms with E-state index in [0.717, 1.165) is 16.9 Å². The molecule has 0 N–H and O–H groups in total. The monoisotopic (exact) mass is 385 g/mol. The molecule has 2 aromatic rings. The molecule has 1 aliphatic rings. The van der Waals surface area contributed by atoms with Crippen molar-refractivity contribution in [1.82, 2.24) is 4.90 Å². The van der Waals surface area contributed by atoms with Crippen LogP contribution in [0, 0.1) is 0 Å². The number of hydrogen-bond donors (Lipinski definition) is 0. The fourth-order valence-corrected chi connectivity index (χ4v) is 9.20. The van der Waals surface area contributed by atoms with Gasteiger partial charge in [-0.25, -0.2) is 16.8 Å². The molecule has 2 heterocycles. The van der Waals surface area contributed by atoms with Gasteiger partial charge in [-0.3, -0.25) is 4.90 Å². The van der Waals surface area contributed by atoms with Gasteiger partial charge in [-0.2, -0.15) is 0 Å². The van der Waals surface area contributed by atoms with E-state index in [1.807, 2.05) is 35.2 Å². The van der Waals surface area contributed by atoms with Crippen molar-refractivity contribution in [3.63, 3.8) is 0 Å². The first-order chi connectivity index (χ1) is 11.3. The van der Waals surface area contributed by atoms with Gasteiger partial charge >= 0.3 is 0 Å². The van der Waals surface area contributed by atoms with Gasteiger partial charge in [0, 0.05) is 12.6 Å². The second-order valence-electron chi connectivity index (χ2n) is 6.06. The van der Waals surface area contributed by atoms with Crippen molar-refractivity contribution >= 4 is 31.0 Å². The molecule has 3 rings (SSSR count). The van der Waals surface area contributed by atoms with Gasteiger partial charge in [-0.1, -0.05) is 36.4 Å². The molecular formula is C16H19NO4S3. The maximum atomic E-state index is 12.9. The SMILES string of the molecule is CN(Cc1ccccc1)[C@H]1CS(=O)(=O)C[C@@H]1S(=O)(=O)c1cccs1. The summed E-state index contributed by atoms with van der Waals surface area (Å²) in [6.07, 6.45) is 0. The maximum Gasteiger partial charge on any atom is 0.193 e. The zero-order valence-electron chi connectivity index (χ0n) is 13.2. The lowest BCUT2D eigenvalue weighted by Gasteiger charge is -2.28. The largest absolute Gasteiger partial charge is 0.297 e. The third-order valence-corrected chi connectivity index (χ3v) is 9.84. The maximum absolute atomic E-state index is 12.9. The Hall–Kier alpha value is -1.22. The van der Waals surface area contributed by atoms with Crippen LogP contribution in [0.15, 0.2) is 52.1 Å². The predicted molar refractivity (Wildman–Crippen MR) is 95.6 cm³/mol. The van der Waals surface area contributed by atoms with Crippen LogP contribution in [-0.2, 0) is 26.2 Å². The molecule has 1 aliphatic heterocycles. The Morgan fingerprint density at radius 2 is 1.83 bits per heavy atom. The molecule has 0 unspecified atom stereocenters. The van der Waals surface area contributed by atoms with E-state index in [2.05, 4.69) is 0 Å². The molecule has 0 bridgehead atoms. The Balaban J connectivity index is 1.90. The van der Waals surface area contributed by atoms with E-state index in [9.17, 15) is 16.8 Å². The zero-order valence-corrected chi connectivity index (χ0v) is 15.6. The van der Waals surface area contributed by atoms with Crippen LogP contribution in [0.5, 0.6) is 0 Å². The van der Waals surface area contributed by atoms with Gasteiger partial charge < -0.3 is 0 Å². The smallest absolute Gasteiger partial charge is 0.193 e. The van der Waals surface area contributed by atoms with Crippen LogP contribution < -0.4 is 0 Å². The van der Waals surface area contributed by atoms with Gasteiger partial charge in [-0.05, 0) is 24.1 Å². The molecule has 1 saturated heterocycles. The van der Waals surface area contributed by atoms with Gasteiger partial charge in [0.1, 0.15) is 4.21 Å². The summed E-state index contributed by atoms with van der Waals surface area (Å²) < 4.78 is 50.3. The molecule has 0 saturated carbocycles. The lowest BCUT2D eigenvalue weighted by molar-refractivity contribution is 0.255. The molecule has 0 spiro atoms. The summed E-state index contributed by atoms with van der Waals surface area (Å²) in [6, 6.07) is 12.3. The van der Waals surface area contributed by atoms with Crippen LogP contribution in [-0.4, -0.2) is 51.6 Å². The average molecular weight is 386 g/mol. The van der Waals surface area contributed by atoms with Crippen molar-refractivity contribution in [2.45, 2.75) is 22.0 Å². The van der Waals surface area contributed by atoms with Gasteiger partial charge in [0.2, 0.25) is 0 Å². The second-order valence-corrected chi connectivity index (χ2v) is 11.6. The van der Waals surface area contributed by atoms with Crippen molar-refractivity contribution in [3.05, 3.63) is 53.4 Å². The number of sulfone groups is 2.